The fraction of sp³-hybridized carbons (Fsp3) is 0.125. The van der Waals surface area contributed by atoms with E-state index in [2.05, 4.69) is 17.0 Å². The SMILES string of the molecule is C=CC(NN)c1ncc(Cl)cc1Cl. The van der Waals surface area contributed by atoms with Gasteiger partial charge in [-0.05, 0) is 6.07 Å². The average Bonchev–Trinajstić information content (AvgIpc) is 2.10. The van der Waals surface area contributed by atoms with Crippen molar-refractivity contribution >= 4 is 23.2 Å². The van der Waals surface area contributed by atoms with Crippen LogP contribution >= 0.6 is 23.2 Å². The maximum absolute atomic E-state index is 5.89. The van der Waals surface area contributed by atoms with Crippen molar-refractivity contribution in [2.75, 3.05) is 0 Å². The van der Waals surface area contributed by atoms with Gasteiger partial charge in [0, 0.05) is 6.20 Å². The van der Waals surface area contributed by atoms with Gasteiger partial charge in [0.1, 0.15) is 0 Å². The van der Waals surface area contributed by atoms with E-state index in [9.17, 15) is 0 Å². The normalized spacial score (nSPS) is 12.5. The molecule has 13 heavy (non-hydrogen) atoms. The lowest BCUT2D eigenvalue weighted by Crippen LogP contribution is -2.27. The second-order valence-corrected chi connectivity index (χ2v) is 3.24. The highest BCUT2D eigenvalue weighted by Gasteiger charge is 2.10. The van der Waals surface area contributed by atoms with Gasteiger partial charge in [-0.15, -0.1) is 6.58 Å². The van der Waals surface area contributed by atoms with Crippen LogP contribution in [0, 0.1) is 0 Å². The number of nitrogens with one attached hydrogen (secondary N) is 1. The van der Waals surface area contributed by atoms with Crippen LogP contribution in [0.1, 0.15) is 11.7 Å². The first-order chi connectivity index (χ1) is 6.19. The van der Waals surface area contributed by atoms with Gasteiger partial charge in [0.25, 0.3) is 0 Å². The summed E-state index contributed by atoms with van der Waals surface area (Å²) in [5.41, 5.74) is 3.13. The van der Waals surface area contributed by atoms with Crippen LogP contribution < -0.4 is 11.3 Å². The molecule has 0 spiro atoms. The summed E-state index contributed by atoms with van der Waals surface area (Å²) < 4.78 is 0. The summed E-state index contributed by atoms with van der Waals surface area (Å²) in [5.74, 6) is 5.27. The molecular formula is C8H9Cl2N3. The van der Waals surface area contributed by atoms with E-state index in [4.69, 9.17) is 29.0 Å². The molecule has 5 heteroatoms. The number of hydrazine groups is 1. The third-order valence-corrected chi connectivity index (χ3v) is 2.06. The molecular weight excluding hydrogens is 209 g/mol. The van der Waals surface area contributed by atoms with Gasteiger partial charge >= 0.3 is 0 Å². The predicted octanol–water partition coefficient (Wildman–Crippen LogP) is 2.08. The van der Waals surface area contributed by atoms with Crippen LogP contribution in [0.15, 0.2) is 24.9 Å². The Balaban J connectivity index is 3.06. The predicted molar refractivity (Wildman–Crippen MR) is 54.5 cm³/mol. The topological polar surface area (TPSA) is 50.9 Å². The molecule has 0 fully saturated rings. The van der Waals surface area contributed by atoms with Gasteiger partial charge in [-0.2, -0.15) is 0 Å². The van der Waals surface area contributed by atoms with E-state index in [1.54, 1.807) is 12.1 Å². The maximum Gasteiger partial charge on any atom is 0.0824 e. The molecule has 0 aliphatic carbocycles. The van der Waals surface area contributed by atoms with E-state index in [0.717, 1.165) is 0 Å². The van der Waals surface area contributed by atoms with Crippen molar-refractivity contribution in [3.8, 4) is 0 Å². The highest BCUT2D eigenvalue weighted by atomic mass is 35.5. The van der Waals surface area contributed by atoms with Crippen LogP contribution in [0.3, 0.4) is 0 Å². The lowest BCUT2D eigenvalue weighted by molar-refractivity contribution is 0.640. The second-order valence-electron chi connectivity index (χ2n) is 2.40. The van der Waals surface area contributed by atoms with Crippen molar-refractivity contribution < 1.29 is 0 Å². The number of rotatable bonds is 3. The molecule has 1 aromatic heterocycles. The molecule has 0 bridgehead atoms. The van der Waals surface area contributed by atoms with Crippen LogP contribution in [-0.4, -0.2) is 4.98 Å². The van der Waals surface area contributed by atoms with Crippen molar-refractivity contribution in [2.45, 2.75) is 6.04 Å². The van der Waals surface area contributed by atoms with Crippen molar-refractivity contribution in [1.29, 1.82) is 0 Å². The Kier molecular flexibility index (Phi) is 3.69. The molecule has 0 radical (unpaired) electrons. The smallest absolute Gasteiger partial charge is 0.0824 e. The Morgan fingerprint density at radius 3 is 2.77 bits per heavy atom. The van der Waals surface area contributed by atoms with Gasteiger partial charge in [0.15, 0.2) is 0 Å². The Morgan fingerprint density at radius 2 is 2.31 bits per heavy atom. The minimum atomic E-state index is -0.259. The summed E-state index contributed by atoms with van der Waals surface area (Å²) in [5, 5.41) is 0.962. The number of hydrogen-bond donors (Lipinski definition) is 2. The lowest BCUT2D eigenvalue weighted by Gasteiger charge is -2.11. The van der Waals surface area contributed by atoms with Crippen molar-refractivity contribution in [1.82, 2.24) is 10.4 Å². The molecule has 0 aliphatic heterocycles. The van der Waals surface area contributed by atoms with E-state index < -0.39 is 0 Å². The standard InChI is InChI=1S/C8H9Cl2N3/c1-2-7(13-11)8-6(10)3-5(9)4-12-8/h2-4,7,13H,1,11H2. The molecule has 0 saturated carbocycles. The van der Waals surface area contributed by atoms with Crippen LogP contribution in [-0.2, 0) is 0 Å². The molecule has 0 amide bonds. The van der Waals surface area contributed by atoms with E-state index in [1.807, 2.05) is 0 Å². The zero-order valence-corrected chi connectivity index (χ0v) is 8.31. The third kappa shape index (κ3) is 2.42. The highest BCUT2D eigenvalue weighted by molar-refractivity contribution is 6.34. The first-order valence-electron chi connectivity index (χ1n) is 3.58. The second kappa shape index (κ2) is 4.58. The quantitative estimate of drug-likeness (QED) is 0.464. The minimum absolute atomic E-state index is 0.259. The third-order valence-electron chi connectivity index (χ3n) is 1.55. The van der Waals surface area contributed by atoms with E-state index >= 15 is 0 Å². The van der Waals surface area contributed by atoms with Gasteiger partial charge in [-0.1, -0.05) is 29.3 Å². The summed E-state index contributed by atoms with van der Waals surface area (Å²) in [6.07, 6.45) is 3.12. The van der Waals surface area contributed by atoms with E-state index in [0.29, 0.717) is 15.7 Å². The fourth-order valence-corrected chi connectivity index (χ4v) is 1.41. The molecule has 1 atom stereocenters. The molecule has 1 unspecified atom stereocenters. The minimum Gasteiger partial charge on any atom is -0.271 e. The number of pyridine rings is 1. The summed E-state index contributed by atoms with van der Waals surface area (Å²) >= 11 is 11.6. The van der Waals surface area contributed by atoms with Gasteiger partial charge in [0.2, 0.25) is 0 Å². The number of halogens is 2. The molecule has 1 heterocycles. The molecule has 1 rings (SSSR count). The summed E-state index contributed by atoms with van der Waals surface area (Å²) in [4.78, 5) is 4.04. The Morgan fingerprint density at radius 1 is 1.62 bits per heavy atom. The molecule has 0 aliphatic rings. The molecule has 0 aromatic carbocycles. The largest absolute Gasteiger partial charge is 0.271 e. The van der Waals surface area contributed by atoms with Crippen molar-refractivity contribution in [3.05, 3.63) is 40.7 Å². The summed E-state index contributed by atoms with van der Waals surface area (Å²) in [7, 11) is 0. The molecule has 1 aromatic rings. The number of nitrogens with two attached hydrogens (primary N) is 1. The molecule has 3 nitrogen and oxygen atoms in total. The van der Waals surface area contributed by atoms with E-state index in [1.165, 1.54) is 6.20 Å². The van der Waals surface area contributed by atoms with Crippen LogP contribution in [0.2, 0.25) is 10.0 Å². The van der Waals surface area contributed by atoms with Crippen LogP contribution in [0.25, 0.3) is 0 Å². The van der Waals surface area contributed by atoms with Gasteiger partial charge < -0.3 is 0 Å². The number of aromatic nitrogens is 1. The Bertz CT molecular complexity index is 314. The van der Waals surface area contributed by atoms with Crippen molar-refractivity contribution in [2.24, 2.45) is 5.84 Å². The highest BCUT2D eigenvalue weighted by Crippen LogP contribution is 2.23. The zero-order valence-electron chi connectivity index (χ0n) is 6.80. The zero-order chi connectivity index (χ0) is 9.84. The van der Waals surface area contributed by atoms with E-state index in [-0.39, 0.29) is 6.04 Å². The maximum atomic E-state index is 5.89. The monoisotopic (exact) mass is 217 g/mol. The first kappa shape index (κ1) is 10.5. The van der Waals surface area contributed by atoms with Gasteiger partial charge in [-0.25, -0.2) is 5.43 Å². The molecule has 3 N–H and O–H groups in total. The lowest BCUT2D eigenvalue weighted by atomic mass is 10.2. The summed E-state index contributed by atoms with van der Waals surface area (Å²) in [6.45, 7) is 3.60. The van der Waals surface area contributed by atoms with Crippen molar-refractivity contribution in [3.63, 3.8) is 0 Å². The molecule has 0 saturated heterocycles. The van der Waals surface area contributed by atoms with Gasteiger partial charge in [-0.3, -0.25) is 10.8 Å². The Hall–Kier alpha value is -0.610. The molecule has 70 valence electrons. The average molecular weight is 218 g/mol. The Labute approximate surface area is 86.5 Å². The van der Waals surface area contributed by atoms with Crippen LogP contribution in [0.4, 0.5) is 0 Å². The van der Waals surface area contributed by atoms with Crippen LogP contribution in [0.5, 0.6) is 0 Å². The number of nitrogens with zero attached hydrogens (tertiary/aromatic N) is 1. The summed E-state index contributed by atoms with van der Waals surface area (Å²) in [6, 6.07) is 1.35. The number of hydrogen-bond acceptors (Lipinski definition) is 3. The van der Waals surface area contributed by atoms with Gasteiger partial charge in [0.05, 0.1) is 21.8 Å². The first-order valence-corrected chi connectivity index (χ1v) is 4.34. The fourth-order valence-electron chi connectivity index (χ4n) is 0.913.